The Bertz CT molecular complexity index is 625. The van der Waals surface area contributed by atoms with Gasteiger partial charge >= 0.3 is 0 Å². The van der Waals surface area contributed by atoms with E-state index in [9.17, 15) is 4.79 Å². The first kappa shape index (κ1) is 15.3. The Kier molecular flexibility index (Phi) is 4.79. The summed E-state index contributed by atoms with van der Waals surface area (Å²) in [6.45, 7) is 9.59. The minimum absolute atomic E-state index is 0.110. The summed E-state index contributed by atoms with van der Waals surface area (Å²) in [5.41, 5.74) is 5.24. The topological polar surface area (TPSA) is 20.3 Å². The van der Waals surface area contributed by atoms with Gasteiger partial charge in [-0.3, -0.25) is 4.79 Å². The van der Waals surface area contributed by atoms with E-state index in [2.05, 4.69) is 43.3 Å². The van der Waals surface area contributed by atoms with E-state index in [4.69, 9.17) is 0 Å². The van der Waals surface area contributed by atoms with Crippen molar-refractivity contribution in [1.29, 1.82) is 0 Å². The molecule has 0 spiro atoms. The van der Waals surface area contributed by atoms with E-state index in [-0.39, 0.29) is 5.91 Å². The molecule has 0 N–H and O–H groups in total. The van der Waals surface area contributed by atoms with Gasteiger partial charge in [0.15, 0.2) is 0 Å². The molecule has 2 heteroatoms. The maximum absolute atomic E-state index is 12.7. The van der Waals surface area contributed by atoms with Crippen LogP contribution in [0, 0.1) is 13.8 Å². The van der Waals surface area contributed by atoms with Gasteiger partial charge in [0.2, 0.25) is 0 Å². The summed E-state index contributed by atoms with van der Waals surface area (Å²) in [6, 6.07) is 14.4. The predicted octanol–water partition coefficient (Wildman–Crippen LogP) is 4.45. The summed E-state index contributed by atoms with van der Waals surface area (Å²) in [4.78, 5) is 14.6. The van der Waals surface area contributed by atoms with Gasteiger partial charge in [0, 0.05) is 18.7 Å². The molecule has 0 radical (unpaired) electrons. The fourth-order valence-corrected chi connectivity index (χ4v) is 2.50. The summed E-state index contributed by atoms with van der Waals surface area (Å²) < 4.78 is 0. The van der Waals surface area contributed by atoms with Crippen LogP contribution in [-0.4, -0.2) is 23.9 Å². The number of benzene rings is 2. The number of aryl methyl sites for hydroxylation is 2. The lowest BCUT2D eigenvalue weighted by atomic mass is 9.96. The molecule has 0 bridgehead atoms. The Labute approximate surface area is 127 Å². The van der Waals surface area contributed by atoms with Crippen LogP contribution in [0.25, 0.3) is 11.1 Å². The van der Waals surface area contributed by atoms with Crippen LogP contribution < -0.4 is 0 Å². The Hall–Kier alpha value is -2.09. The molecule has 0 atom stereocenters. The van der Waals surface area contributed by atoms with Crippen molar-refractivity contribution in [2.45, 2.75) is 27.7 Å². The van der Waals surface area contributed by atoms with E-state index in [1.54, 1.807) is 0 Å². The molecule has 0 heterocycles. The third kappa shape index (κ3) is 3.33. The number of carbonyl (C=O) groups excluding carboxylic acids is 1. The monoisotopic (exact) mass is 281 g/mol. The number of nitrogens with zero attached hydrogens (tertiary/aromatic N) is 1. The van der Waals surface area contributed by atoms with Crippen LogP contribution in [0.1, 0.15) is 35.3 Å². The van der Waals surface area contributed by atoms with Crippen molar-refractivity contribution < 1.29 is 4.79 Å². The lowest BCUT2D eigenvalue weighted by molar-refractivity contribution is 0.0773. The Balaban J connectivity index is 2.52. The van der Waals surface area contributed by atoms with Crippen molar-refractivity contribution in [3.8, 4) is 11.1 Å². The minimum Gasteiger partial charge on any atom is -0.339 e. The molecule has 110 valence electrons. The Morgan fingerprint density at radius 3 is 2.05 bits per heavy atom. The molecule has 21 heavy (non-hydrogen) atoms. The first-order valence-corrected chi connectivity index (χ1v) is 7.53. The summed E-state index contributed by atoms with van der Waals surface area (Å²) in [6.07, 6.45) is 0. The number of carbonyl (C=O) groups is 1. The molecule has 0 aliphatic rings. The third-order valence-corrected chi connectivity index (χ3v) is 3.82. The number of amides is 1. The highest BCUT2D eigenvalue weighted by atomic mass is 16.2. The second-order valence-electron chi connectivity index (χ2n) is 5.39. The van der Waals surface area contributed by atoms with Gasteiger partial charge in [-0.15, -0.1) is 0 Å². The smallest absolute Gasteiger partial charge is 0.254 e. The largest absolute Gasteiger partial charge is 0.339 e. The molecule has 0 saturated carbocycles. The zero-order chi connectivity index (χ0) is 15.4. The molecule has 2 rings (SSSR count). The first-order valence-electron chi connectivity index (χ1n) is 7.53. The van der Waals surface area contributed by atoms with Gasteiger partial charge < -0.3 is 4.90 Å². The molecule has 0 saturated heterocycles. The van der Waals surface area contributed by atoms with E-state index in [0.717, 1.165) is 35.3 Å². The minimum atomic E-state index is 0.110. The fraction of sp³-hybridized carbons (Fsp3) is 0.316. The van der Waals surface area contributed by atoms with Crippen molar-refractivity contribution in [3.63, 3.8) is 0 Å². The molecule has 0 unspecified atom stereocenters. The average Bonchev–Trinajstić information content (AvgIpc) is 2.49. The lowest BCUT2D eigenvalue weighted by Gasteiger charge is -2.21. The SMILES string of the molecule is CCN(CC)C(=O)c1cc(C)ccc1-c1ccc(C)cc1. The molecule has 0 aliphatic heterocycles. The molecular weight excluding hydrogens is 258 g/mol. The number of rotatable bonds is 4. The molecule has 0 fully saturated rings. The van der Waals surface area contributed by atoms with Gasteiger partial charge in [-0.05, 0) is 44.9 Å². The molecule has 1 amide bonds. The maximum atomic E-state index is 12.7. The highest BCUT2D eigenvalue weighted by Crippen LogP contribution is 2.26. The number of hydrogen-bond donors (Lipinski definition) is 0. The van der Waals surface area contributed by atoms with Gasteiger partial charge in [-0.25, -0.2) is 0 Å². The summed E-state index contributed by atoms with van der Waals surface area (Å²) >= 11 is 0. The van der Waals surface area contributed by atoms with Crippen LogP contribution in [0.2, 0.25) is 0 Å². The molecule has 0 aliphatic carbocycles. The van der Waals surface area contributed by atoms with Crippen molar-refractivity contribution in [2.24, 2.45) is 0 Å². The summed E-state index contributed by atoms with van der Waals surface area (Å²) in [5, 5.41) is 0. The summed E-state index contributed by atoms with van der Waals surface area (Å²) in [5.74, 6) is 0.110. The van der Waals surface area contributed by atoms with Crippen LogP contribution in [0.5, 0.6) is 0 Å². The molecule has 2 nitrogen and oxygen atoms in total. The van der Waals surface area contributed by atoms with Gasteiger partial charge in [0.25, 0.3) is 5.91 Å². The average molecular weight is 281 g/mol. The second kappa shape index (κ2) is 6.57. The lowest BCUT2D eigenvalue weighted by Crippen LogP contribution is -2.30. The van der Waals surface area contributed by atoms with Crippen LogP contribution in [0.3, 0.4) is 0 Å². The van der Waals surface area contributed by atoms with Gasteiger partial charge in [-0.2, -0.15) is 0 Å². The molecule has 2 aromatic rings. The van der Waals surface area contributed by atoms with E-state index >= 15 is 0 Å². The van der Waals surface area contributed by atoms with Crippen LogP contribution in [0.15, 0.2) is 42.5 Å². The quantitative estimate of drug-likeness (QED) is 0.810. The standard InChI is InChI=1S/C19H23NO/c1-5-20(6-2)19(21)18-13-15(4)9-12-17(18)16-10-7-14(3)8-11-16/h7-13H,5-6H2,1-4H3. The van der Waals surface area contributed by atoms with Crippen LogP contribution in [0.4, 0.5) is 0 Å². The highest BCUT2D eigenvalue weighted by molar-refractivity contribution is 6.01. The van der Waals surface area contributed by atoms with Crippen molar-refractivity contribution in [3.05, 3.63) is 59.2 Å². The second-order valence-corrected chi connectivity index (χ2v) is 5.39. The fourth-order valence-electron chi connectivity index (χ4n) is 2.50. The van der Waals surface area contributed by atoms with Gasteiger partial charge in [-0.1, -0.05) is 47.5 Å². The van der Waals surface area contributed by atoms with Gasteiger partial charge in [0.05, 0.1) is 0 Å². The van der Waals surface area contributed by atoms with Crippen molar-refractivity contribution >= 4 is 5.91 Å². The van der Waals surface area contributed by atoms with E-state index < -0.39 is 0 Å². The summed E-state index contributed by atoms with van der Waals surface area (Å²) in [7, 11) is 0. The van der Waals surface area contributed by atoms with E-state index in [0.29, 0.717) is 0 Å². The van der Waals surface area contributed by atoms with E-state index in [1.807, 2.05) is 31.7 Å². The zero-order valence-corrected chi connectivity index (χ0v) is 13.3. The van der Waals surface area contributed by atoms with Crippen molar-refractivity contribution in [2.75, 3.05) is 13.1 Å². The molecule has 0 aromatic heterocycles. The molecule has 2 aromatic carbocycles. The maximum Gasteiger partial charge on any atom is 0.254 e. The normalized spacial score (nSPS) is 10.5. The zero-order valence-electron chi connectivity index (χ0n) is 13.3. The highest BCUT2D eigenvalue weighted by Gasteiger charge is 2.17. The Morgan fingerprint density at radius 1 is 0.905 bits per heavy atom. The Morgan fingerprint density at radius 2 is 1.48 bits per heavy atom. The first-order chi connectivity index (χ1) is 10.1. The van der Waals surface area contributed by atoms with Gasteiger partial charge in [0.1, 0.15) is 0 Å². The van der Waals surface area contributed by atoms with E-state index in [1.165, 1.54) is 5.56 Å². The number of hydrogen-bond acceptors (Lipinski definition) is 1. The predicted molar refractivity (Wildman–Crippen MR) is 88.6 cm³/mol. The van der Waals surface area contributed by atoms with Crippen molar-refractivity contribution in [1.82, 2.24) is 4.90 Å². The third-order valence-electron chi connectivity index (χ3n) is 3.82. The molecular formula is C19H23NO. The van der Waals surface area contributed by atoms with Crippen LogP contribution in [-0.2, 0) is 0 Å². The van der Waals surface area contributed by atoms with Crippen LogP contribution >= 0.6 is 0 Å².